The van der Waals surface area contributed by atoms with Crippen LogP contribution < -0.4 is 5.32 Å². The predicted octanol–water partition coefficient (Wildman–Crippen LogP) is 1.06. The van der Waals surface area contributed by atoms with Gasteiger partial charge in [0.05, 0.1) is 12.6 Å². The number of hydrogen-bond donors (Lipinski definition) is 1. The van der Waals surface area contributed by atoms with Crippen LogP contribution in [0.4, 0.5) is 0 Å². The molecule has 0 spiro atoms. The number of piperazine rings is 1. The molecule has 0 aromatic rings. The second kappa shape index (κ2) is 8.99. The fourth-order valence-corrected chi connectivity index (χ4v) is 3.81. The minimum absolute atomic E-state index is 0.0622. The van der Waals surface area contributed by atoms with Gasteiger partial charge < -0.3 is 10.2 Å². The summed E-state index contributed by atoms with van der Waals surface area (Å²) >= 11 is 0. The van der Waals surface area contributed by atoms with Gasteiger partial charge in [0, 0.05) is 45.3 Å². The van der Waals surface area contributed by atoms with Crippen molar-refractivity contribution >= 4 is 11.8 Å². The van der Waals surface area contributed by atoms with Gasteiger partial charge in [-0.3, -0.25) is 19.4 Å². The molecule has 142 valence electrons. The van der Waals surface area contributed by atoms with Crippen LogP contribution in [0.1, 0.15) is 51.9 Å². The van der Waals surface area contributed by atoms with Crippen molar-refractivity contribution < 1.29 is 9.59 Å². The summed E-state index contributed by atoms with van der Waals surface area (Å²) in [6, 6.07) is 0.361. The van der Waals surface area contributed by atoms with Gasteiger partial charge in [-0.25, -0.2) is 0 Å². The summed E-state index contributed by atoms with van der Waals surface area (Å²) in [7, 11) is 0. The fourth-order valence-electron chi connectivity index (χ4n) is 3.81. The third kappa shape index (κ3) is 5.68. The lowest BCUT2D eigenvalue weighted by atomic mass is 10.1. The van der Waals surface area contributed by atoms with Gasteiger partial charge in [-0.05, 0) is 32.6 Å². The number of rotatable bonds is 5. The second-order valence-corrected chi connectivity index (χ2v) is 7.92. The molecule has 2 aliphatic heterocycles. The molecule has 2 heterocycles. The van der Waals surface area contributed by atoms with Gasteiger partial charge in [0.15, 0.2) is 0 Å². The Morgan fingerprint density at radius 2 is 1.52 bits per heavy atom. The third-order valence-electron chi connectivity index (χ3n) is 5.83. The zero-order valence-corrected chi connectivity index (χ0v) is 15.7. The van der Waals surface area contributed by atoms with E-state index in [1.807, 2.05) is 6.92 Å². The first kappa shape index (κ1) is 18.6. The van der Waals surface area contributed by atoms with Gasteiger partial charge in [-0.2, -0.15) is 0 Å². The largest absolute Gasteiger partial charge is 0.352 e. The molecule has 1 atom stereocenters. The molecule has 1 unspecified atom stereocenters. The molecule has 1 saturated carbocycles. The lowest BCUT2D eigenvalue weighted by Gasteiger charge is -2.38. The van der Waals surface area contributed by atoms with Gasteiger partial charge in [0.1, 0.15) is 0 Å². The molecule has 0 aromatic carbocycles. The minimum atomic E-state index is -0.0622. The van der Waals surface area contributed by atoms with Crippen LogP contribution in [0, 0.1) is 0 Å². The van der Waals surface area contributed by atoms with Gasteiger partial charge in [-0.15, -0.1) is 0 Å². The molecule has 3 rings (SSSR count). The highest BCUT2D eigenvalue weighted by Gasteiger charge is 2.30. The third-order valence-corrected chi connectivity index (χ3v) is 5.83. The number of nitrogens with one attached hydrogen (secondary N) is 1. The summed E-state index contributed by atoms with van der Waals surface area (Å²) in [4.78, 5) is 31.3. The zero-order chi connectivity index (χ0) is 17.6. The van der Waals surface area contributed by atoms with Gasteiger partial charge >= 0.3 is 0 Å². The monoisotopic (exact) mass is 350 g/mol. The minimum Gasteiger partial charge on any atom is -0.352 e. The maximum absolute atomic E-state index is 12.6. The standard InChI is InChI=1S/C19H34N4O2/c1-16(19(25)20-17-7-8-17)22-13-11-21(12-14-22)15-18(24)23-9-5-3-2-4-6-10-23/h16-17H,2-15H2,1H3,(H,20,25). The average molecular weight is 351 g/mol. The van der Waals surface area contributed by atoms with Crippen LogP contribution in [0.5, 0.6) is 0 Å². The number of hydrogen-bond acceptors (Lipinski definition) is 4. The lowest BCUT2D eigenvalue weighted by Crippen LogP contribution is -2.55. The maximum atomic E-state index is 12.6. The van der Waals surface area contributed by atoms with E-state index in [1.165, 1.54) is 19.3 Å². The Morgan fingerprint density at radius 3 is 2.12 bits per heavy atom. The summed E-state index contributed by atoms with van der Waals surface area (Å²) in [5.74, 6) is 0.447. The average Bonchev–Trinajstić information content (AvgIpc) is 3.38. The van der Waals surface area contributed by atoms with Crippen LogP contribution >= 0.6 is 0 Å². The van der Waals surface area contributed by atoms with E-state index in [0.717, 1.165) is 65.0 Å². The Hall–Kier alpha value is -1.14. The van der Waals surface area contributed by atoms with Crippen molar-refractivity contribution in [2.75, 3.05) is 45.8 Å². The molecule has 2 amide bonds. The van der Waals surface area contributed by atoms with Crippen LogP contribution in [0.15, 0.2) is 0 Å². The van der Waals surface area contributed by atoms with Crippen LogP contribution in [-0.4, -0.2) is 84.4 Å². The second-order valence-electron chi connectivity index (χ2n) is 7.92. The van der Waals surface area contributed by atoms with Crippen LogP contribution in [0.2, 0.25) is 0 Å². The Balaban J connectivity index is 1.39. The summed E-state index contributed by atoms with van der Waals surface area (Å²) in [6.45, 7) is 7.88. The molecule has 0 aromatic heterocycles. The van der Waals surface area contributed by atoms with E-state index in [0.29, 0.717) is 12.6 Å². The first-order chi connectivity index (χ1) is 12.1. The number of carbonyl (C=O) groups excluding carboxylic acids is 2. The van der Waals surface area contributed by atoms with Crippen molar-refractivity contribution in [1.29, 1.82) is 0 Å². The quantitative estimate of drug-likeness (QED) is 0.806. The Labute approximate surface area is 151 Å². The van der Waals surface area contributed by atoms with E-state index >= 15 is 0 Å². The van der Waals surface area contributed by atoms with Crippen LogP contribution in [0.3, 0.4) is 0 Å². The number of likely N-dealkylation sites (tertiary alicyclic amines) is 1. The molecule has 3 fully saturated rings. The van der Waals surface area contributed by atoms with Gasteiger partial charge in [0.2, 0.25) is 11.8 Å². The molecule has 1 N–H and O–H groups in total. The molecule has 6 nitrogen and oxygen atoms in total. The molecular formula is C19H34N4O2. The highest BCUT2D eigenvalue weighted by Crippen LogP contribution is 2.19. The first-order valence-electron chi connectivity index (χ1n) is 10.2. The van der Waals surface area contributed by atoms with Crippen molar-refractivity contribution in [3.8, 4) is 0 Å². The van der Waals surface area contributed by atoms with Gasteiger partial charge in [0.25, 0.3) is 0 Å². The smallest absolute Gasteiger partial charge is 0.237 e. The first-order valence-corrected chi connectivity index (χ1v) is 10.2. The normalized spacial score (nSPS) is 25.1. The number of amides is 2. The molecule has 0 radical (unpaired) electrons. The Morgan fingerprint density at radius 1 is 0.920 bits per heavy atom. The Kier molecular flexibility index (Phi) is 6.70. The predicted molar refractivity (Wildman–Crippen MR) is 98.3 cm³/mol. The summed E-state index contributed by atoms with van der Waals surface area (Å²) in [5.41, 5.74) is 0. The molecular weight excluding hydrogens is 316 g/mol. The molecule has 6 heteroatoms. The van der Waals surface area contributed by atoms with Crippen molar-refractivity contribution in [3.63, 3.8) is 0 Å². The molecule has 25 heavy (non-hydrogen) atoms. The SMILES string of the molecule is CC(C(=O)NC1CC1)N1CCN(CC(=O)N2CCCCCCC2)CC1. The summed E-state index contributed by atoms with van der Waals surface area (Å²) in [6.07, 6.45) is 8.37. The van der Waals surface area contributed by atoms with E-state index in [1.54, 1.807) is 0 Å². The lowest BCUT2D eigenvalue weighted by molar-refractivity contribution is -0.134. The van der Waals surface area contributed by atoms with E-state index in [-0.39, 0.29) is 17.9 Å². The van der Waals surface area contributed by atoms with E-state index in [2.05, 4.69) is 20.0 Å². The maximum Gasteiger partial charge on any atom is 0.237 e. The van der Waals surface area contributed by atoms with E-state index in [4.69, 9.17) is 0 Å². The molecule has 1 aliphatic carbocycles. The summed E-state index contributed by atoms with van der Waals surface area (Å²) < 4.78 is 0. The Bertz CT molecular complexity index is 450. The molecule has 0 bridgehead atoms. The number of nitrogens with zero attached hydrogens (tertiary/aromatic N) is 3. The highest BCUT2D eigenvalue weighted by atomic mass is 16.2. The van der Waals surface area contributed by atoms with E-state index in [9.17, 15) is 9.59 Å². The van der Waals surface area contributed by atoms with Crippen LogP contribution in [0.25, 0.3) is 0 Å². The zero-order valence-electron chi connectivity index (χ0n) is 15.7. The van der Waals surface area contributed by atoms with Crippen molar-refractivity contribution in [3.05, 3.63) is 0 Å². The van der Waals surface area contributed by atoms with Crippen molar-refractivity contribution in [2.24, 2.45) is 0 Å². The fraction of sp³-hybridized carbons (Fsp3) is 0.895. The molecule has 2 saturated heterocycles. The topological polar surface area (TPSA) is 55.9 Å². The summed E-state index contributed by atoms with van der Waals surface area (Å²) in [5, 5.41) is 3.09. The van der Waals surface area contributed by atoms with Gasteiger partial charge in [-0.1, -0.05) is 19.3 Å². The van der Waals surface area contributed by atoms with Crippen molar-refractivity contribution in [2.45, 2.75) is 64.0 Å². The molecule has 3 aliphatic rings. The number of carbonyl (C=O) groups is 2. The van der Waals surface area contributed by atoms with Crippen molar-refractivity contribution in [1.82, 2.24) is 20.0 Å². The van der Waals surface area contributed by atoms with Crippen LogP contribution in [-0.2, 0) is 9.59 Å². The highest BCUT2D eigenvalue weighted by molar-refractivity contribution is 5.82. The van der Waals surface area contributed by atoms with E-state index < -0.39 is 0 Å².